The zero-order valence-electron chi connectivity index (χ0n) is 8.79. The van der Waals surface area contributed by atoms with E-state index in [1.54, 1.807) is 17.0 Å². The summed E-state index contributed by atoms with van der Waals surface area (Å²) in [4.78, 5) is 13.2. The number of hydrogen-bond acceptors (Lipinski definition) is 1. The topological polar surface area (TPSA) is 20.3 Å². The zero-order chi connectivity index (χ0) is 10.8. The van der Waals surface area contributed by atoms with Gasteiger partial charge < -0.3 is 4.90 Å². The molecule has 0 aromatic heterocycles. The molecule has 3 heteroatoms. The molecule has 0 spiro atoms. The summed E-state index contributed by atoms with van der Waals surface area (Å²) in [6, 6.07) is 4.87. The number of carbonyl (C=O) groups excluding carboxylic acids is 1. The number of benzene rings is 1. The van der Waals surface area contributed by atoms with Crippen molar-refractivity contribution < 1.29 is 9.18 Å². The van der Waals surface area contributed by atoms with Gasteiger partial charge in [0.1, 0.15) is 5.82 Å². The van der Waals surface area contributed by atoms with E-state index in [0.717, 1.165) is 18.4 Å². The molecule has 0 saturated carbocycles. The van der Waals surface area contributed by atoms with E-state index in [-0.39, 0.29) is 11.7 Å². The molecule has 0 bridgehead atoms. The van der Waals surface area contributed by atoms with Gasteiger partial charge in [0.15, 0.2) is 0 Å². The number of anilines is 1. The van der Waals surface area contributed by atoms with Crippen molar-refractivity contribution in [3.8, 4) is 0 Å². The number of carbonyl (C=O) groups is 1. The predicted molar refractivity (Wildman–Crippen MR) is 57.3 cm³/mol. The summed E-state index contributed by atoms with van der Waals surface area (Å²) in [7, 11) is 0. The Balaban J connectivity index is 2.34. The summed E-state index contributed by atoms with van der Waals surface area (Å²) in [5, 5.41) is 0. The van der Waals surface area contributed by atoms with Gasteiger partial charge in [0.25, 0.3) is 0 Å². The molecule has 1 aromatic carbocycles. The van der Waals surface area contributed by atoms with Gasteiger partial charge in [-0.3, -0.25) is 4.79 Å². The molecule has 0 N–H and O–H groups in total. The highest BCUT2D eigenvalue weighted by molar-refractivity contribution is 5.94. The Morgan fingerprint density at radius 3 is 2.87 bits per heavy atom. The second-order valence-corrected chi connectivity index (χ2v) is 3.96. The molecule has 1 heterocycles. The van der Waals surface area contributed by atoms with Crippen LogP contribution in [0.1, 0.15) is 24.8 Å². The highest BCUT2D eigenvalue weighted by Crippen LogP contribution is 2.24. The Labute approximate surface area is 88.7 Å². The van der Waals surface area contributed by atoms with Crippen LogP contribution in [0.15, 0.2) is 18.2 Å². The number of hydrogen-bond donors (Lipinski definition) is 0. The molecule has 0 radical (unpaired) electrons. The maximum atomic E-state index is 13.5. The van der Waals surface area contributed by atoms with Gasteiger partial charge in [-0.25, -0.2) is 4.39 Å². The second kappa shape index (κ2) is 4.01. The van der Waals surface area contributed by atoms with Gasteiger partial charge in [0, 0.05) is 13.0 Å². The molecule has 1 amide bonds. The van der Waals surface area contributed by atoms with Crippen LogP contribution in [0.25, 0.3) is 0 Å². The van der Waals surface area contributed by atoms with E-state index in [1.165, 1.54) is 6.07 Å². The minimum absolute atomic E-state index is 0.0331. The summed E-state index contributed by atoms with van der Waals surface area (Å²) < 4.78 is 13.5. The molecule has 0 unspecified atom stereocenters. The minimum atomic E-state index is -0.309. The van der Waals surface area contributed by atoms with Crippen molar-refractivity contribution in [2.24, 2.45) is 0 Å². The molecule has 2 nitrogen and oxygen atoms in total. The van der Waals surface area contributed by atoms with Gasteiger partial charge >= 0.3 is 0 Å². The van der Waals surface area contributed by atoms with Crippen LogP contribution in [0, 0.1) is 12.7 Å². The lowest BCUT2D eigenvalue weighted by molar-refractivity contribution is -0.119. The highest BCUT2D eigenvalue weighted by Gasteiger charge is 2.21. The first-order valence-corrected chi connectivity index (χ1v) is 5.25. The maximum absolute atomic E-state index is 13.5. The van der Waals surface area contributed by atoms with Crippen LogP contribution < -0.4 is 4.90 Å². The lowest BCUT2D eigenvalue weighted by Crippen LogP contribution is -2.35. The Morgan fingerprint density at radius 1 is 1.33 bits per heavy atom. The third kappa shape index (κ3) is 2.01. The third-order valence-corrected chi connectivity index (χ3v) is 2.72. The summed E-state index contributed by atoms with van der Waals surface area (Å²) in [6.07, 6.45) is 2.41. The molecule has 15 heavy (non-hydrogen) atoms. The summed E-state index contributed by atoms with van der Waals surface area (Å²) in [6.45, 7) is 2.54. The summed E-state index contributed by atoms with van der Waals surface area (Å²) in [5.74, 6) is -0.276. The van der Waals surface area contributed by atoms with E-state index in [0.29, 0.717) is 18.7 Å². The quantitative estimate of drug-likeness (QED) is 0.693. The normalized spacial score (nSPS) is 16.9. The first kappa shape index (κ1) is 10.1. The average molecular weight is 207 g/mol. The standard InChI is InChI=1S/C12H14FNO/c1-9-5-6-10(13)11(8-9)14-7-3-2-4-12(14)15/h5-6,8H,2-4,7H2,1H3. The maximum Gasteiger partial charge on any atom is 0.227 e. The van der Waals surface area contributed by atoms with E-state index in [1.807, 2.05) is 6.92 Å². The second-order valence-electron chi connectivity index (χ2n) is 3.96. The lowest BCUT2D eigenvalue weighted by atomic mass is 10.1. The van der Waals surface area contributed by atoms with Crippen LogP contribution in [0.4, 0.5) is 10.1 Å². The van der Waals surface area contributed by atoms with Crippen molar-refractivity contribution in [1.82, 2.24) is 0 Å². The van der Waals surface area contributed by atoms with E-state index >= 15 is 0 Å². The van der Waals surface area contributed by atoms with Crippen LogP contribution in [0.2, 0.25) is 0 Å². The van der Waals surface area contributed by atoms with Crippen LogP contribution >= 0.6 is 0 Å². The monoisotopic (exact) mass is 207 g/mol. The number of nitrogens with zero attached hydrogens (tertiary/aromatic N) is 1. The molecule has 0 atom stereocenters. The number of halogens is 1. The summed E-state index contributed by atoms with van der Waals surface area (Å²) in [5.41, 5.74) is 1.41. The fourth-order valence-electron chi connectivity index (χ4n) is 1.89. The largest absolute Gasteiger partial charge is 0.310 e. The van der Waals surface area contributed by atoms with Crippen molar-refractivity contribution in [3.05, 3.63) is 29.6 Å². The van der Waals surface area contributed by atoms with E-state index in [4.69, 9.17) is 0 Å². The number of rotatable bonds is 1. The van der Waals surface area contributed by atoms with Crippen molar-refractivity contribution >= 4 is 11.6 Å². The molecular weight excluding hydrogens is 193 g/mol. The molecule has 1 saturated heterocycles. The van der Waals surface area contributed by atoms with Gasteiger partial charge in [0.2, 0.25) is 5.91 Å². The zero-order valence-corrected chi connectivity index (χ0v) is 8.79. The third-order valence-electron chi connectivity index (χ3n) is 2.72. The minimum Gasteiger partial charge on any atom is -0.310 e. The van der Waals surface area contributed by atoms with Crippen molar-refractivity contribution in [3.63, 3.8) is 0 Å². The van der Waals surface area contributed by atoms with Gasteiger partial charge in [-0.2, -0.15) is 0 Å². The Bertz CT molecular complexity index is 389. The van der Waals surface area contributed by atoms with Crippen LogP contribution in [-0.4, -0.2) is 12.5 Å². The fraction of sp³-hybridized carbons (Fsp3) is 0.417. The first-order chi connectivity index (χ1) is 7.18. The molecular formula is C12H14FNO. The fourth-order valence-corrected chi connectivity index (χ4v) is 1.89. The molecule has 1 aromatic rings. The number of aryl methyl sites for hydroxylation is 1. The van der Waals surface area contributed by atoms with Gasteiger partial charge in [-0.1, -0.05) is 6.07 Å². The molecule has 0 aliphatic carbocycles. The number of amides is 1. The molecule has 1 aliphatic rings. The first-order valence-electron chi connectivity index (χ1n) is 5.25. The number of piperidine rings is 1. The smallest absolute Gasteiger partial charge is 0.227 e. The summed E-state index contributed by atoms with van der Waals surface area (Å²) >= 11 is 0. The van der Waals surface area contributed by atoms with Crippen molar-refractivity contribution in [2.45, 2.75) is 26.2 Å². The van der Waals surface area contributed by atoms with Crippen LogP contribution in [0.5, 0.6) is 0 Å². The van der Waals surface area contributed by atoms with Crippen LogP contribution in [-0.2, 0) is 4.79 Å². The van der Waals surface area contributed by atoms with Crippen molar-refractivity contribution in [1.29, 1.82) is 0 Å². The Morgan fingerprint density at radius 2 is 2.13 bits per heavy atom. The van der Waals surface area contributed by atoms with E-state index in [9.17, 15) is 9.18 Å². The Kier molecular flexibility index (Phi) is 2.71. The molecule has 2 rings (SSSR count). The Hall–Kier alpha value is -1.38. The molecule has 1 aliphatic heterocycles. The van der Waals surface area contributed by atoms with Gasteiger partial charge in [-0.05, 0) is 37.5 Å². The lowest BCUT2D eigenvalue weighted by Gasteiger charge is -2.27. The van der Waals surface area contributed by atoms with Gasteiger partial charge in [0.05, 0.1) is 5.69 Å². The van der Waals surface area contributed by atoms with Crippen LogP contribution in [0.3, 0.4) is 0 Å². The van der Waals surface area contributed by atoms with E-state index < -0.39 is 0 Å². The van der Waals surface area contributed by atoms with E-state index in [2.05, 4.69) is 0 Å². The average Bonchev–Trinajstić information content (AvgIpc) is 2.23. The van der Waals surface area contributed by atoms with Crippen molar-refractivity contribution in [2.75, 3.05) is 11.4 Å². The SMILES string of the molecule is Cc1ccc(F)c(N2CCCCC2=O)c1. The predicted octanol–water partition coefficient (Wildman–Crippen LogP) is 2.65. The van der Waals surface area contributed by atoms with Gasteiger partial charge in [-0.15, -0.1) is 0 Å². The molecule has 1 fully saturated rings. The molecule has 80 valence electrons. The highest BCUT2D eigenvalue weighted by atomic mass is 19.1.